The molecule has 2 aromatic rings. The number of sulfonamides is 1. The minimum Gasteiger partial charge on any atom is -0.352 e. The van der Waals surface area contributed by atoms with Gasteiger partial charge in [-0.3, -0.25) is 13.9 Å². The monoisotopic (exact) mass is 577 g/mol. The third kappa shape index (κ3) is 8.24. The van der Waals surface area contributed by atoms with Gasteiger partial charge in [-0.2, -0.15) is 13.2 Å². The Labute approximate surface area is 211 Å². The molecule has 35 heavy (non-hydrogen) atoms. The second kappa shape index (κ2) is 11.4. The van der Waals surface area contributed by atoms with E-state index in [0.29, 0.717) is 15.9 Å². The summed E-state index contributed by atoms with van der Waals surface area (Å²) in [5.41, 5.74) is -0.679. The molecule has 0 aliphatic carbocycles. The summed E-state index contributed by atoms with van der Waals surface area (Å²) in [5.74, 6) is -1.20. The van der Waals surface area contributed by atoms with Gasteiger partial charge in [0.1, 0.15) is 12.6 Å². The van der Waals surface area contributed by atoms with Crippen LogP contribution in [0.2, 0.25) is 0 Å². The Kier molecular flexibility index (Phi) is 9.35. The summed E-state index contributed by atoms with van der Waals surface area (Å²) in [4.78, 5) is 27.2. The van der Waals surface area contributed by atoms with Gasteiger partial charge in [0.25, 0.3) is 0 Å². The van der Waals surface area contributed by atoms with E-state index in [1.54, 1.807) is 38.1 Å². The minimum atomic E-state index is -4.69. The van der Waals surface area contributed by atoms with Crippen LogP contribution in [-0.2, 0) is 32.3 Å². The van der Waals surface area contributed by atoms with Gasteiger partial charge in [-0.15, -0.1) is 0 Å². The van der Waals surface area contributed by atoms with Crippen molar-refractivity contribution in [2.24, 2.45) is 0 Å². The quantitative estimate of drug-likeness (QED) is 0.484. The molecular weight excluding hydrogens is 551 g/mol. The first-order chi connectivity index (χ1) is 16.1. The Balaban J connectivity index is 2.43. The number of hydrogen-bond acceptors (Lipinski definition) is 4. The molecule has 0 heterocycles. The summed E-state index contributed by atoms with van der Waals surface area (Å²) in [7, 11) is -4.14. The van der Waals surface area contributed by atoms with E-state index in [0.717, 1.165) is 22.9 Å². The average molecular weight is 578 g/mol. The topological polar surface area (TPSA) is 86.8 Å². The lowest BCUT2D eigenvalue weighted by Gasteiger charge is -2.32. The molecule has 0 spiro atoms. The predicted molar refractivity (Wildman–Crippen MR) is 131 cm³/mol. The van der Waals surface area contributed by atoms with Crippen molar-refractivity contribution >= 4 is 43.5 Å². The fraction of sp³-hybridized carbons (Fsp3) is 0.391. The highest BCUT2D eigenvalue weighted by atomic mass is 79.9. The maximum Gasteiger partial charge on any atom is 0.416 e. The normalized spacial score (nSPS) is 12.8. The van der Waals surface area contributed by atoms with Crippen LogP contribution in [-0.4, -0.2) is 50.0 Å². The third-order valence-corrected chi connectivity index (χ3v) is 6.67. The van der Waals surface area contributed by atoms with Crippen LogP contribution in [0.1, 0.15) is 31.9 Å². The molecule has 0 bridgehead atoms. The molecule has 1 atom stereocenters. The van der Waals surface area contributed by atoms with Gasteiger partial charge < -0.3 is 10.2 Å². The SMILES string of the molecule is CC(C)NC(=O)[C@H](C)N(Cc1ccc(Br)cc1)C(=O)CN(c1cccc(C(F)(F)F)c1)S(C)(=O)=O. The number of hydrogen-bond donors (Lipinski definition) is 1. The van der Waals surface area contributed by atoms with Gasteiger partial charge in [-0.05, 0) is 56.7 Å². The van der Waals surface area contributed by atoms with Crippen molar-refractivity contribution in [1.82, 2.24) is 10.2 Å². The van der Waals surface area contributed by atoms with Gasteiger partial charge in [0.05, 0.1) is 17.5 Å². The Morgan fingerprint density at radius 2 is 1.66 bits per heavy atom. The van der Waals surface area contributed by atoms with Crippen LogP contribution in [0, 0.1) is 0 Å². The maximum atomic E-state index is 13.4. The number of nitrogens with zero attached hydrogens (tertiary/aromatic N) is 2. The van der Waals surface area contributed by atoms with E-state index in [-0.39, 0.29) is 18.3 Å². The van der Waals surface area contributed by atoms with E-state index < -0.39 is 46.2 Å². The maximum absolute atomic E-state index is 13.4. The lowest BCUT2D eigenvalue weighted by molar-refractivity contribution is -0.139. The first-order valence-electron chi connectivity index (χ1n) is 10.6. The van der Waals surface area contributed by atoms with Crippen molar-refractivity contribution in [2.45, 2.75) is 45.6 Å². The van der Waals surface area contributed by atoms with Crippen molar-refractivity contribution < 1.29 is 31.2 Å². The Hall–Kier alpha value is -2.60. The second-order valence-electron chi connectivity index (χ2n) is 8.31. The third-order valence-electron chi connectivity index (χ3n) is 5.01. The predicted octanol–water partition coefficient (Wildman–Crippen LogP) is 4.18. The number of benzene rings is 2. The molecule has 2 amide bonds. The van der Waals surface area contributed by atoms with Gasteiger partial charge in [0, 0.05) is 17.1 Å². The van der Waals surface area contributed by atoms with E-state index in [9.17, 15) is 31.2 Å². The lowest BCUT2D eigenvalue weighted by atomic mass is 10.1. The Morgan fingerprint density at radius 3 is 2.17 bits per heavy atom. The van der Waals surface area contributed by atoms with E-state index in [1.165, 1.54) is 17.9 Å². The molecule has 0 aliphatic heterocycles. The van der Waals surface area contributed by atoms with Crippen molar-refractivity contribution in [1.29, 1.82) is 0 Å². The van der Waals surface area contributed by atoms with Crippen LogP contribution in [0.3, 0.4) is 0 Å². The number of anilines is 1. The number of rotatable bonds is 9. The second-order valence-corrected chi connectivity index (χ2v) is 11.1. The Morgan fingerprint density at radius 1 is 1.06 bits per heavy atom. The summed E-state index contributed by atoms with van der Waals surface area (Å²) >= 11 is 3.32. The van der Waals surface area contributed by atoms with Gasteiger partial charge in [0.15, 0.2) is 0 Å². The smallest absolute Gasteiger partial charge is 0.352 e. The van der Waals surface area contributed by atoms with Crippen molar-refractivity contribution in [3.05, 3.63) is 64.1 Å². The average Bonchev–Trinajstić information content (AvgIpc) is 2.74. The highest BCUT2D eigenvalue weighted by Crippen LogP contribution is 2.32. The Bertz CT molecular complexity index is 1160. The molecule has 0 unspecified atom stereocenters. The van der Waals surface area contributed by atoms with Crippen LogP contribution in [0.5, 0.6) is 0 Å². The molecule has 0 aromatic heterocycles. The molecule has 2 aromatic carbocycles. The van der Waals surface area contributed by atoms with E-state index in [4.69, 9.17) is 0 Å². The lowest BCUT2D eigenvalue weighted by Crippen LogP contribution is -2.52. The van der Waals surface area contributed by atoms with Crippen molar-refractivity contribution in [3.63, 3.8) is 0 Å². The molecule has 12 heteroatoms. The number of carbonyl (C=O) groups excluding carboxylic acids is 2. The van der Waals surface area contributed by atoms with Crippen molar-refractivity contribution in [2.75, 3.05) is 17.1 Å². The van der Waals surface area contributed by atoms with E-state index in [2.05, 4.69) is 21.2 Å². The number of nitrogens with one attached hydrogen (secondary N) is 1. The molecule has 0 radical (unpaired) electrons. The van der Waals surface area contributed by atoms with E-state index in [1.807, 2.05) is 0 Å². The summed E-state index contributed by atoms with van der Waals surface area (Å²) in [6.45, 7) is 4.22. The number of halogens is 4. The molecule has 0 saturated heterocycles. The van der Waals surface area contributed by atoms with Gasteiger partial charge >= 0.3 is 6.18 Å². The molecular formula is C23H27BrF3N3O4S. The molecule has 0 fully saturated rings. The van der Waals surface area contributed by atoms with Crippen molar-refractivity contribution in [3.8, 4) is 0 Å². The number of amides is 2. The largest absolute Gasteiger partial charge is 0.416 e. The zero-order valence-corrected chi connectivity index (χ0v) is 22.0. The van der Waals surface area contributed by atoms with Crippen LogP contribution >= 0.6 is 15.9 Å². The molecule has 192 valence electrons. The highest BCUT2D eigenvalue weighted by Gasteiger charge is 2.33. The van der Waals surface area contributed by atoms with Crippen LogP contribution in [0.25, 0.3) is 0 Å². The molecule has 2 rings (SSSR count). The van der Waals surface area contributed by atoms with Crippen LogP contribution < -0.4 is 9.62 Å². The summed E-state index contributed by atoms with van der Waals surface area (Å²) in [6, 6.07) is 9.52. The van der Waals surface area contributed by atoms with Gasteiger partial charge in [0.2, 0.25) is 21.8 Å². The zero-order valence-electron chi connectivity index (χ0n) is 19.6. The standard InChI is InChI=1S/C23H27BrF3N3O4S/c1-15(2)28-22(32)16(3)29(13-17-8-10-19(24)11-9-17)21(31)14-30(35(4,33)34)20-7-5-6-18(12-20)23(25,26)27/h5-12,15-16H,13-14H2,1-4H3,(H,28,32)/t16-/m0/s1. The molecule has 1 N–H and O–H groups in total. The highest BCUT2D eigenvalue weighted by molar-refractivity contribution is 9.10. The first-order valence-corrected chi connectivity index (χ1v) is 13.2. The summed E-state index contributed by atoms with van der Waals surface area (Å²) in [5, 5.41) is 2.71. The molecule has 0 aliphatic rings. The number of alkyl halides is 3. The fourth-order valence-electron chi connectivity index (χ4n) is 3.23. The molecule has 0 saturated carbocycles. The first kappa shape index (κ1) is 28.6. The van der Waals surface area contributed by atoms with Crippen LogP contribution in [0.4, 0.5) is 18.9 Å². The summed E-state index contributed by atoms with van der Waals surface area (Å²) < 4.78 is 66.0. The zero-order chi connectivity index (χ0) is 26.6. The van der Waals surface area contributed by atoms with Crippen LogP contribution in [0.15, 0.2) is 53.0 Å². The molecule has 7 nitrogen and oxygen atoms in total. The summed E-state index contributed by atoms with van der Waals surface area (Å²) in [6.07, 6.45) is -3.89. The minimum absolute atomic E-state index is 0.0149. The fourth-order valence-corrected chi connectivity index (χ4v) is 4.33. The number of carbonyl (C=O) groups is 2. The van der Waals surface area contributed by atoms with Gasteiger partial charge in [-0.1, -0.05) is 34.1 Å². The van der Waals surface area contributed by atoms with Gasteiger partial charge in [-0.25, -0.2) is 8.42 Å². The van der Waals surface area contributed by atoms with E-state index >= 15 is 0 Å².